The van der Waals surface area contributed by atoms with Crippen molar-refractivity contribution in [3.8, 4) is 0 Å². The Morgan fingerprint density at radius 3 is 2.71 bits per heavy atom. The Labute approximate surface area is 124 Å². The minimum atomic E-state index is -0.288. The van der Waals surface area contributed by atoms with E-state index in [2.05, 4.69) is 17.6 Å². The summed E-state index contributed by atoms with van der Waals surface area (Å²) < 4.78 is 14.1. The van der Waals surface area contributed by atoms with Crippen molar-refractivity contribution >= 4 is 11.5 Å². The molecule has 4 heteroatoms. The van der Waals surface area contributed by atoms with Crippen LogP contribution in [-0.4, -0.2) is 24.5 Å². The fraction of sp³-hybridized carbons (Fsp3) is 0.471. The number of carbonyl (C=O) groups is 1. The van der Waals surface area contributed by atoms with Crippen LogP contribution in [-0.2, 0) is 4.79 Å². The van der Waals surface area contributed by atoms with Gasteiger partial charge in [-0.2, -0.15) is 0 Å². The molecule has 3 rings (SSSR count). The quantitative estimate of drug-likeness (QED) is 0.894. The number of halogens is 1. The third-order valence-electron chi connectivity index (χ3n) is 4.77. The summed E-state index contributed by atoms with van der Waals surface area (Å²) in [4.78, 5) is 12.1. The third-order valence-corrected chi connectivity index (χ3v) is 4.77. The van der Waals surface area contributed by atoms with E-state index in [-0.39, 0.29) is 29.7 Å². The number of carbonyl (C=O) groups excluding carboxylic acids is 1. The van der Waals surface area contributed by atoms with E-state index in [1.165, 1.54) is 0 Å². The van der Waals surface area contributed by atoms with Crippen LogP contribution in [0, 0.1) is 5.41 Å². The molecule has 3 atom stereocenters. The van der Waals surface area contributed by atoms with Gasteiger partial charge in [-0.05, 0) is 36.3 Å². The average molecular weight is 288 g/mol. The topological polar surface area (TPSA) is 41.1 Å². The highest BCUT2D eigenvalue weighted by Crippen LogP contribution is 2.53. The Bertz CT molecular complexity index is 584. The molecule has 1 aliphatic carbocycles. The van der Waals surface area contributed by atoms with Crippen molar-refractivity contribution in [3.05, 3.63) is 41.7 Å². The summed E-state index contributed by atoms with van der Waals surface area (Å²) in [5.41, 5.74) is 1.71. The molecule has 2 aliphatic rings. The number of rotatable bonds is 4. The summed E-state index contributed by atoms with van der Waals surface area (Å²) in [6.07, 6.45) is 2.00. The maximum absolute atomic E-state index is 14.1. The average Bonchev–Trinajstić information content (AvgIpc) is 3.01. The van der Waals surface area contributed by atoms with Crippen LogP contribution in [0.4, 0.5) is 4.39 Å². The van der Waals surface area contributed by atoms with E-state index in [9.17, 15) is 9.18 Å². The maximum Gasteiger partial charge on any atom is 0.237 e. The van der Waals surface area contributed by atoms with Gasteiger partial charge < -0.3 is 10.6 Å². The molecule has 1 heterocycles. The molecule has 0 radical (unpaired) electrons. The molecule has 1 aromatic carbocycles. The second-order valence-electron chi connectivity index (χ2n) is 6.45. The van der Waals surface area contributed by atoms with E-state index in [1.54, 1.807) is 6.92 Å². The minimum Gasteiger partial charge on any atom is -0.348 e. The fourth-order valence-electron chi connectivity index (χ4n) is 3.09. The first-order valence-electron chi connectivity index (χ1n) is 7.44. The molecule has 1 amide bonds. The van der Waals surface area contributed by atoms with Crippen molar-refractivity contribution in [1.29, 1.82) is 0 Å². The zero-order chi connectivity index (χ0) is 15.0. The second kappa shape index (κ2) is 5.26. The molecule has 0 spiro atoms. The number of benzene rings is 1. The minimum absolute atomic E-state index is 0.0425. The van der Waals surface area contributed by atoms with Crippen LogP contribution in [0.2, 0.25) is 0 Å². The van der Waals surface area contributed by atoms with E-state index < -0.39 is 0 Å². The highest BCUT2D eigenvalue weighted by Gasteiger charge is 2.57. The first-order chi connectivity index (χ1) is 9.99. The summed E-state index contributed by atoms with van der Waals surface area (Å²) in [7, 11) is 0. The van der Waals surface area contributed by atoms with Crippen molar-refractivity contribution in [1.82, 2.24) is 10.6 Å². The molecule has 3 nitrogen and oxygen atoms in total. The Hall–Kier alpha value is -1.68. The van der Waals surface area contributed by atoms with Gasteiger partial charge in [0, 0.05) is 6.04 Å². The molecule has 0 aromatic heterocycles. The number of piperidine rings is 1. The van der Waals surface area contributed by atoms with Gasteiger partial charge in [0.1, 0.15) is 5.83 Å². The lowest BCUT2D eigenvalue weighted by molar-refractivity contribution is -0.123. The van der Waals surface area contributed by atoms with Crippen LogP contribution >= 0.6 is 0 Å². The molecular formula is C17H21FN2O. The van der Waals surface area contributed by atoms with Crippen LogP contribution in [0.1, 0.15) is 32.3 Å². The van der Waals surface area contributed by atoms with Crippen LogP contribution < -0.4 is 10.6 Å². The van der Waals surface area contributed by atoms with Gasteiger partial charge in [-0.1, -0.05) is 37.3 Å². The number of nitrogens with one attached hydrogen (secondary N) is 2. The van der Waals surface area contributed by atoms with Crippen molar-refractivity contribution in [2.45, 2.75) is 38.8 Å². The van der Waals surface area contributed by atoms with Crippen molar-refractivity contribution in [3.63, 3.8) is 0 Å². The highest BCUT2D eigenvalue weighted by atomic mass is 19.1. The van der Waals surface area contributed by atoms with E-state index in [0.717, 1.165) is 18.4 Å². The SMILES string of the molecule is C/C(=C(\F)CNC(=O)C1CC2(C)CC2N1)c1ccccc1. The van der Waals surface area contributed by atoms with Crippen molar-refractivity contribution in [2.75, 3.05) is 6.54 Å². The predicted octanol–water partition coefficient (Wildman–Crippen LogP) is 2.64. The molecule has 1 saturated heterocycles. The molecule has 1 aromatic rings. The first kappa shape index (κ1) is 14.3. The standard InChI is InChI=1S/C17H21FN2O/c1-11(12-6-4-3-5-7-12)13(18)10-19-16(21)14-8-17(2)9-15(17)20-14/h3-7,14-15,20H,8-10H2,1-2H3,(H,19,21)/b13-11+. The number of fused-ring (bicyclic) bond motifs is 1. The molecule has 0 bridgehead atoms. The second-order valence-corrected chi connectivity index (χ2v) is 6.45. The Morgan fingerprint density at radius 1 is 1.38 bits per heavy atom. The first-order valence-corrected chi connectivity index (χ1v) is 7.44. The summed E-state index contributed by atoms with van der Waals surface area (Å²) in [5.74, 6) is -0.386. The van der Waals surface area contributed by atoms with Crippen LogP contribution in [0.25, 0.3) is 5.57 Å². The Kier molecular flexibility index (Phi) is 3.57. The van der Waals surface area contributed by atoms with Crippen LogP contribution in [0.3, 0.4) is 0 Å². The molecule has 1 saturated carbocycles. The normalized spacial score (nSPS) is 31.4. The zero-order valence-electron chi connectivity index (χ0n) is 12.4. The van der Waals surface area contributed by atoms with Gasteiger partial charge in [0.25, 0.3) is 0 Å². The monoisotopic (exact) mass is 288 g/mol. The lowest BCUT2D eigenvalue weighted by atomic mass is 10.0. The van der Waals surface area contributed by atoms with Gasteiger partial charge in [0.05, 0.1) is 12.6 Å². The number of hydrogen-bond donors (Lipinski definition) is 2. The Morgan fingerprint density at radius 2 is 2.10 bits per heavy atom. The number of hydrogen-bond acceptors (Lipinski definition) is 2. The molecule has 3 unspecified atom stereocenters. The van der Waals surface area contributed by atoms with E-state index in [4.69, 9.17) is 0 Å². The number of amides is 1. The van der Waals surface area contributed by atoms with Crippen molar-refractivity contribution < 1.29 is 9.18 Å². The molecule has 112 valence electrons. The van der Waals surface area contributed by atoms with Crippen molar-refractivity contribution in [2.24, 2.45) is 5.41 Å². The number of allylic oxidation sites excluding steroid dienone is 1. The van der Waals surface area contributed by atoms with E-state index in [1.807, 2.05) is 30.3 Å². The molecule has 2 fully saturated rings. The van der Waals surface area contributed by atoms with Gasteiger partial charge >= 0.3 is 0 Å². The van der Waals surface area contributed by atoms with Crippen LogP contribution in [0.15, 0.2) is 36.2 Å². The largest absolute Gasteiger partial charge is 0.348 e. The molecule has 2 N–H and O–H groups in total. The van der Waals surface area contributed by atoms with Gasteiger partial charge in [-0.25, -0.2) is 4.39 Å². The van der Waals surface area contributed by atoms with Crippen LogP contribution in [0.5, 0.6) is 0 Å². The molecular weight excluding hydrogens is 267 g/mol. The lowest BCUT2D eigenvalue weighted by Crippen LogP contribution is -2.42. The molecule has 21 heavy (non-hydrogen) atoms. The zero-order valence-corrected chi connectivity index (χ0v) is 12.4. The van der Waals surface area contributed by atoms with Gasteiger partial charge in [-0.15, -0.1) is 0 Å². The smallest absolute Gasteiger partial charge is 0.237 e. The van der Waals surface area contributed by atoms with E-state index >= 15 is 0 Å². The third kappa shape index (κ3) is 2.86. The summed E-state index contributed by atoms with van der Waals surface area (Å²) in [5, 5.41) is 6.00. The fourth-order valence-corrected chi connectivity index (χ4v) is 3.09. The molecule has 1 aliphatic heterocycles. The van der Waals surface area contributed by atoms with E-state index in [0.29, 0.717) is 11.6 Å². The van der Waals surface area contributed by atoms with Gasteiger partial charge in [0.15, 0.2) is 0 Å². The summed E-state index contributed by atoms with van der Waals surface area (Å²) in [6, 6.07) is 9.68. The Balaban J connectivity index is 1.56. The lowest BCUT2D eigenvalue weighted by Gasteiger charge is -2.14. The highest BCUT2D eigenvalue weighted by molar-refractivity contribution is 5.83. The van der Waals surface area contributed by atoms with Gasteiger partial charge in [-0.3, -0.25) is 4.79 Å². The summed E-state index contributed by atoms with van der Waals surface area (Å²) >= 11 is 0. The van der Waals surface area contributed by atoms with Gasteiger partial charge in [0.2, 0.25) is 5.91 Å². The summed E-state index contributed by atoms with van der Waals surface area (Å²) in [6.45, 7) is 3.89. The predicted molar refractivity (Wildman–Crippen MR) is 81.2 cm³/mol. The maximum atomic E-state index is 14.1.